The van der Waals surface area contributed by atoms with E-state index in [0.29, 0.717) is 13.0 Å². The lowest BCUT2D eigenvalue weighted by molar-refractivity contribution is -0.173. The molecule has 0 aliphatic rings. The van der Waals surface area contributed by atoms with Crippen molar-refractivity contribution < 1.29 is 17.9 Å². The molecule has 1 N–H and O–H groups in total. The molecule has 2 nitrogen and oxygen atoms in total. The van der Waals surface area contributed by atoms with E-state index in [-0.39, 0.29) is 6.61 Å². The maximum atomic E-state index is 11.8. The molecule has 0 saturated carbocycles. The van der Waals surface area contributed by atoms with E-state index in [4.69, 9.17) is 0 Å². The van der Waals surface area contributed by atoms with Crippen molar-refractivity contribution in [2.24, 2.45) is 0 Å². The number of alkyl halides is 3. The molecule has 0 aliphatic carbocycles. The molecule has 0 unspecified atom stereocenters. The van der Waals surface area contributed by atoms with Crippen LogP contribution >= 0.6 is 15.9 Å². The fourth-order valence-corrected chi connectivity index (χ4v) is 1.73. The third-order valence-electron chi connectivity index (χ3n) is 2.25. The van der Waals surface area contributed by atoms with Gasteiger partial charge in [0, 0.05) is 23.3 Å². The Morgan fingerprint density at radius 1 is 1.33 bits per heavy atom. The van der Waals surface area contributed by atoms with Crippen molar-refractivity contribution >= 4 is 21.6 Å². The van der Waals surface area contributed by atoms with Crippen LogP contribution < -0.4 is 5.32 Å². The smallest absolute Gasteiger partial charge is 0.385 e. The van der Waals surface area contributed by atoms with Crippen LogP contribution in [0.15, 0.2) is 22.7 Å². The maximum Gasteiger partial charge on any atom is 0.411 e. The summed E-state index contributed by atoms with van der Waals surface area (Å²) in [7, 11) is 0. The van der Waals surface area contributed by atoms with Gasteiger partial charge in [0.2, 0.25) is 0 Å². The first-order valence-corrected chi connectivity index (χ1v) is 6.32. The average molecular weight is 326 g/mol. The van der Waals surface area contributed by atoms with Gasteiger partial charge in [-0.3, -0.25) is 0 Å². The van der Waals surface area contributed by atoms with Crippen LogP contribution in [-0.2, 0) is 4.74 Å². The minimum Gasteiger partial charge on any atom is -0.385 e. The highest BCUT2D eigenvalue weighted by Crippen LogP contribution is 2.20. The van der Waals surface area contributed by atoms with Crippen molar-refractivity contribution in [3.63, 3.8) is 0 Å². The van der Waals surface area contributed by atoms with Crippen molar-refractivity contribution in [1.29, 1.82) is 0 Å². The van der Waals surface area contributed by atoms with E-state index in [9.17, 15) is 13.2 Å². The van der Waals surface area contributed by atoms with Crippen molar-refractivity contribution in [3.8, 4) is 0 Å². The fraction of sp³-hybridized carbons (Fsp3) is 0.500. The van der Waals surface area contributed by atoms with Crippen molar-refractivity contribution in [3.05, 3.63) is 28.2 Å². The Morgan fingerprint density at radius 2 is 2.06 bits per heavy atom. The highest BCUT2D eigenvalue weighted by atomic mass is 79.9. The summed E-state index contributed by atoms with van der Waals surface area (Å²) in [4.78, 5) is 0. The highest BCUT2D eigenvalue weighted by molar-refractivity contribution is 9.10. The number of halogens is 4. The van der Waals surface area contributed by atoms with Gasteiger partial charge in [0.25, 0.3) is 0 Å². The summed E-state index contributed by atoms with van der Waals surface area (Å²) < 4.78 is 40.8. The fourth-order valence-electron chi connectivity index (χ4n) is 1.37. The van der Waals surface area contributed by atoms with Gasteiger partial charge in [-0.15, -0.1) is 0 Å². The van der Waals surface area contributed by atoms with Crippen LogP contribution in [0, 0.1) is 6.92 Å². The second kappa shape index (κ2) is 6.99. The minimum absolute atomic E-state index is 0.0968. The first-order chi connectivity index (χ1) is 8.38. The molecular formula is C12H15BrF3NO. The third kappa shape index (κ3) is 6.26. The topological polar surface area (TPSA) is 21.3 Å². The van der Waals surface area contributed by atoms with E-state index in [1.54, 1.807) is 0 Å². The summed E-state index contributed by atoms with van der Waals surface area (Å²) >= 11 is 3.36. The molecule has 0 saturated heterocycles. The van der Waals surface area contributed by atoms with Crippen LogP contribution in [0.3, 0.4) is 0 Å². The summed E-state index contributed by atoms with van der Waals surface area (Å²) in [6, 6.07) is 5.84. The van der Waals surface area contributed by atoms with Crippen LogP contribution in [0.25, 0.3) is 0 Å². The summed E-state index contributed by atoms with van der Waals surface area (Å²) in [5, 5.41) is 3.16. The van der Waals surface area contributed by atoms with Gasteiger partial charge in [-0.2, -0.15) is 13.2 Å². The molecule has 0 heterocycles. The predicted octanol–water partition coefficient (Wildman–Crippen LogP) is 4.14. The Morgan fingerprint density at radius 3 is 2.72 bits per heavy atom. The molecular weight excluding hydrogens is 311 g/mol. The molecule has 0 bridgehead atoms. The molecule has 1 aromatic carbocycles. The van der Waals surface area contributed by atoms with Gasteiger partial charge in [-0.05, 0) is 31.0 Å². The molecule has 0 fully saturated rings. The number of anilines is 1. The zero-order valence-electron chi connectivity index (χ0n) is 9.98. The number of ether oxygens (including phenoxy) is 1. The molecule has 102 valence electrons. The zero-order valence-corrected chi connectivity index (χ0v) is 11.6. The molecule has 0 amide bonds. The lowest BCUT2D eigenvalue weighted by atomic mass is 10.2. The number of hydrogen-bond acceptors (Lipinski definition) is 2. The second-order valence-electron chi connectivity index (χ2n) is 3.91. The van der Waals surface area contributed by atoms with Gasteiger partial charge in [-0.25, -0.2) is 0 Å². The van der Waals surface area contributed by atoms with E-state index < -0.39 is 12.8 Å². The van der Waals surface area contributed by atoms with Crippen LogP contribution in [0.1, 0.15) is 12.0 Å². The van der Waals surface area contributed by atoms with Gasteiger partial charge in [0.05, 0.1) is 0 Å². The summed E-state index contributed by atoms with van der Waals surface area (Å²) in [6.07, 6.45) is -3.71. The maximum absolute atomic E-state index is 11.8. The van der Waals surface area contributed by atoms with E-state index in [0.717, 1.165) is 15.7 Å². The van der Waals surface area contributed by atoms with Crippen molar-refractivity contribution in [2.45, 2.75) is 19.5 Å². The molecule has 18 heavy (non-hydrogen) atoms. The highest BCUT2D eigenvalue weighted by Gasteiger charge is 2.27. The number of rotatable bonds is 6. The van der Waals surface area contributed by atoms with Crippen LogP contribution in [0.4, 0.5) is 18.9 Å². The van der Waals surface area contributed by atoms with E-state index >= 15 is 0 Å². The van der Waals surface area contributed by atoms with Gasteiger partial charge >= 0.3 is 6.18 Å². The summed E-state index contributed by atoms with van der Waals surface area (Å²) in [5.74, 6) is 0. The van der Waals surface area contributed by atoms with Gasteiger partial charge in [0.15, 0.2) is 0 Å². The van der Waals surface area contributed by atoms with Crippen LogP contribution in [-0.4, -0.2) is 25.9 Å². The van der Waals surface area contributed by atoms with Gasteiger partial charge in [-0.1, -0.05) is 22.0 Å². The first-order valence-electron chi connectivity index (χ1n) is 5.53. The van der Waals surface area contributed by atoms with E-state index in [2.05, 4.69) is 26.0 Å². The third-order valence-corrected chi connectivity index (χ3v) is 2.74. The first kappa shape index (κ1) is 15.3. The summed E-state index contributed by atoms with van der Waals surface area (Å²) in [6.45, 7) is 1.46. The Labute approximate surface area is 113 Å². The predicted molar refractivity (Wildman–Crippen MR) is 68.9 cm³/mol. The molecule has 0 aromatic heterocycles. The monoisotopic (exact) mass is 325 g/mol. The van der Waals surface area contributed by atoms with Crippen LogP contribution in [0.5, 0.6) is 0 Å². The molecule has 1 rings (SSSR count). The Kier molecular flexibility index (Phi) is 5.95. The number of hydrogen-bond donors (Lipinski definition) is 1. The lowest BCUT2D eigenvalue weighted by Crippen LogP contribution is -2.18. The average Bonchev–Trinajstić information content (AvgIpc) is 2.26. The van der Waals surface area contributed by atoms with Gasteiger partial charge in [0.1, 0.15) is 6.61 Å². The molecule has 0 spiro atoms. The van der Waals surface area contributed by atoms with Crippen molar-refractivity contribution in [1.82, 2.24) is 0 Å². The standard InChI is InChI=1S/C12H15BrF3NO/c1-9-3-4-10(13)7-11(9)17-5-2-6-18-8-12(14,15)16/h3-4,7,17H,2,5-6,8H2,1H3. The molecule has 0 atom stereocenters. The lowest BCUT2D eigenvalue weighted by Gasteiger charge is -2.11. The quantitative estimate of drug-likeness (QED) is 0.794. The van der Waals surface area contributed by atoms with Gasteiger partial charge < -0.3 is 10.1 Å². The number of nitrogens with one attached hydrogen (secondary N) is 1. The molecule has 6 heteroatoms. The zero-order chi connectivity index (χ0) is 13.6. The SMILES string of the molecule is Cc1ccc(Br)cc1NCCCOCC(F)(F)F. The van der Waals surface area contributed by atoms with E-state index in [1.807, 2.05) is 25.1 Å². The van der Waals surface area contributed by atoms with Crippen molar-refractivity contribution in [2.75, 3.05) is 25.1 Å². The molecule has 0 aliphatic heterocycles. The second-order valence-corrected chi connectivity index (χ2v) is 4.82. The normalized spacial score (nSPS) is 11.6. The molecule has 1 aromatic rings. The summed E-state index contributed by atoms with van der Waals surface area (Å²) in [5.41, 5.74) is 2.06. The minimum atomic E-state index is -4.24. The molecule has 0 radical (unpaired) electrons. The Bertz CT molecular complexity index is 382. The number of benzene rings is 1. The number of aryl methyl sites for hydroxylation is 1. The Hall–Kier alpha value is -0.750. The van der Waals surface area contributed by atoms with E-state index in [1.165, 1.54) is 0 Å². The van der Waals surface area contributed by atoms with Crippen LogP contribution in [0.2, 0.25) is 0 Å². The Balaban J connectivity index is 2.20. The largest absolute Gasteiger partial charge is 0.411 e.